The van der Waals surface area contributed by atoms with Gasteiger partial charge in [-0.25, -0.2) is 4.98 Å². The molecule has 0 unspecified atom stereocenters. The molecule has 0 radical (unpaired) electrons. The first-order valence-electron chi connectivity index (χ1n) is 4.50. The lowest BCUT2D eigenvalue weighted by Crippen LogP contribution is -2.00. The van der Waals surface area contributed by atoms with Crippen LogP contribution in [0.15, 0.2) is 12.3 Å². The number of halogens is 1. The van der Waals surface area contributed by atoms with Crippen molar-refractivity contribution in [1.29, 1.82) is 0 Å². The number of rotatable bonds is 4. The average molecular weight is 214 g/mol. The van der Waals surface area contributed by atoms with Crippen LogP contribution in [0.3, 0.4) is 0 Å². The summed E-state index contributed by atoms with van der Waals surface area (Å²) in [5.74, 6) is 0.503. The van der Waals surface area contributed by atoms with Crippen molar-refractivity contribution in [2.75, 3.05) is 6.61 Å². The molecule has 0 amide bonds. The van der Waals surface area contributed by atoms with Gasteiger partial charge in [-0.05, 0) is 13.0 Å². The topological polar surface area (TPSA) is 39.2 Å². The molecule has 0 aromatic carbocycles. The Hall–Kier alpha value is -1.09. The maximum absolute atomic E-state index is 11.3. The molecule has 3 nitrogen and oxygen atoms in total. The van der Waals surface area contributed by atoms with Gasteiger partial charge in [-0.15, -0.1) is 0 Å². The molecule has 1 aromatic rings. The number of nitrogens with zero attached hydrogens (tertiary/aromatic N) is 1. The summed E-state index contributed by atoms with van der Waals surface area (Å²) >= 11 is 5.78. The van der Waals surface area contributed by atoms with Gasteiger partial charge in [0.15, 0.2) is 16.7 Å². The van der Waals surface area contributed by atoms with E-state index in [1.165, 1.54) is 6.20 Å². The summed E-state index contributed by atoms with van der Waals surface area (Å²) in [5.41, 5.74) is 0.542. The van der Waals surface area contributed by atoms with Crippen LogP contribution in [0, 0.1) is 0 Å². The van der Waals surface area contributed by atoms with Gasteiger partial charge in [-0.2, -0.15) is 0 Å². The van der Waals surface area contributed by atoms with Crippen LogP contribution in [-0.4, -0.2) is 17.4 Å². The maximum atomic E-state index is 11.3. The van der Waals surface area contributed by atoms with Gasteiger partial charge in [0, 0.05) is 18.2 Å². The molecular formula is C10H12ClNO2. The van der Waals surface area contributed by atoms with Gasteiger partial charge in [0.2, 0.25) is 0 Å². The highest BCUT2D eigenvalue weighted by atomic mass is 35.5. The molecule has 76 valence electrons. The van der Waals surface area contributed by atoms with Crippen LogP contribution in [0.25, 0.3) is 0 Å². The predicted molar refractivity (Wildman–Crippen MR) is 55.0 cm³/mol. The summed E-state index contributed by atoms with van der Waals surface area (Å²) in [6.07, 6.45) is 1.92. The van der Waals surface area contributed by atoms with Crippen LogP contribution in [0.4, 0.5) is 0 Å². The minimum Gasteiger partial charge on any atom is -0.491 e. The normalized spacial score (nSPS) is 9.93. The van der Waals surface area contributed by atoms with Gasteiger partial charge >= 0.3 is 0 Å². The first-order chi connectivity index (χ1) is 6.69. The van der Waals surface area contributed by atoms with E-state index >= 15 is 0 Å². The summed E-state index contributed by atoms with van der Waals surface area (Å²) in [6, 6.07) is 1.63. The van der Waals surface area contributed by atoms with E-state index in [0.717, 1.165) is 0 Å². The second-order valence-electron chi connectivity index (χ2n) is 2.72. The third-order valence-electron chi connectivity index (χ3n) is 1.75. The van der Waals surface area contributed by atoms with Crippen molar-refractivity contribution in [3.05, 3.63) is 23.0 Å². The number of hydrogen-bond acceptors (Lipinski definition) is 3. The number of hydrogen-bond donors (Lipinski definition) is 0. The van der Waals surface area contributed by atoms with Crippen LogP contribution in [-0.2, 0) is 0 Å². The fourth-order valence-corrected chi connectivity index (χ4v) is 1.20. The molecule has 4 heteroatoms. The minimum absolute atomic E-state index is 0.0371. The quantitative estimate of drug-likeness (QED) is 0.570. The van der Waals surface area contributed by atoms with E-state index in [4.69, 9.17) is 16.3 Å². The first kappa shape index (κ1) is 11.0. The van der Waals surface area contributed by atoms with Gasteiger partial charge < -0.3 is 4.74 Å². The van der Waals surface area contributed by atoms with E-state index < -0.39 is 0 Å². The molecule has 1 heterocycles. The van der Waals surface area contributed by atoms with Gasteiger partial charge in [0.1, 0.15) is 0 Å². The number of ether oxygens (including phenoxy) is 1. The number of Topliss-reactive ketones (excluding diaryl/α,β-unsaturated/α-hetero) is 1. The minimum atomic E-state index is 0.0371. The average Bonchev–Trinajstić information content (AvgIpc) is 2.20. The largest absolute Gasteiger partial charge is 0.491 e. The summed E-state index contributed by atoms with van der Waals surface area (Å²) in [5, 5.41) is 0.291. The van der Waals surface area contributed by atoms with E-state index in [1.54, 1.807) is 13.0 Å². The molecule has 0 N–H and O–H groups in total. The number of pyridine rings is 1. The molecule has 0 aliphatic carbocycles. The number of carbonyl (C=O) groups is 1. The smallest absolute Gasteiger partial charge is 0.171 e. The van der Waals surface area contributed by atoms with Gasteiger partial charge in [0.25, 0.3) is 0 Å². The van der Waals surface area contributed by atoms with Crippen molar-refractivity contribution in [2.24, 2.45) is 0 Å². The van der Waals surface area contributed by atoms with Gasteiger partial charge in [-0.3, -0.25) is 4.79 Å². The highest BCUT2D eigenvalue weighted by Crippen LogP contribution is 2.23. The molecular weight excluding hydrogens is 202 g/mol. The highest BCUT2D eigenvalue weighted by Gasteiger charge is 2.08. The number of carbonyl (C=O) groups excluding carboxylic acids is 1. The zero-order valence-electron chi connectivity index (χ0n) is 8.21. The van der Waals surface area contributed by atoms with Crippen LogP contribution in [0.5, 0.6) is 5.75 Å². The lowest BCUT2D eigenvalue weighted by Gasteiger charge is -2.05. The first-order valence-corrected chi connectivity index (χ1v) is 4.88. The Kier molecular flexibility index (Phi) is 3.89. The lowest BCUT2D eigenvalue weighted by molar-refractivity contribution is 0.0987. The molecule has 1 rings (SSSR count). The fourth-order valence-electron chi connectivity index (χ4n) is 1.04. The second-order valence-corrected chi connectivity index (χ2v) is 3.08. The Labute approximate surface area is 88.1 Å². The molecule has 0 saturated carbocycles. The van der Waals surface area contributed by atoms with Crippen molar-refractivity contribution in [1.82, 2.24) is 4.98 Å². The van der Waals surface area contributed by atoms with E-state index in [-0.39, 0.29) is 5.78 Å². The molecule has 0 spiro atoms. The SMILES string of the molecule is CCOc1cc(C(=O)CC)cnc1Cl. The van der Waals surface area contributed by atoms with Crippen molar-refractivity contribution >= 4 is 17.4 Å². The van der Waals surface area contributed by atoms with Crippen LogP contribution in [0.1, 0.15) is 30.6 Å². The molecule has 0 aliphatic rings. The Morgan fingerprint density at radius 2 is 2.29 bits per heavy atom. The molecule has 1 aromatic heterocycles. The summed E-state index contributed by atoms with van der Waals surface area (Å²) in [4.78, 5) is 15.2. The Balaban J connectivity index is 2.99. The van der Waals surface area contributed by atoms with Crippen LogP contribution < -0.4 is 4.74 Å². The Morgan fingerprint density at radius 1 is 1.57 bits per heavy atom. The van der Waals surface area contributed by atoms with Crippen molar-refractivity contribution in [3.63, 3.8) is 0 Å². The second kappa shape index (κ2) is 4.96. The zero-order valence-corrected chi connectivity index (χ0v) is 8.97. The standard InChI is InChI=1S/C10H12ClNO2/c1-3-8(13)7-5-9(14-4-2)10(11)12-6-7/h5-6H,3-4H2,1-2H3. The van der Waals surface area contributed by atoms with E-state index in [2.05, 4.69) is 4.98 Å². The molecule has 14 heavy (non-hydrogen) atoms. The molecule has 0 atom stereocenters. The number of ketones is 1. The summed E-state index contributed by atoms with van der Waals surface area (Å²) in [6.45, 7) is 4.16. The molecule has 0 fully saturated rings. The van der Waals surface area contributed by atoms with Gasteiger partial charge in [0.05, 0.1) is 6.61 Å². The fraction of sp³-hybridized carbons (Fsp3) is 0.400. The molecule has 0 saturated heterocycles. The Bertz CT molecular complexity index is 339. The Morgan fingerprint density at radius 3 is 2.86 bits per heavy atom. The van der Waals surface area contributed by atoms with E-state index in [0.29, 0.717) is 29.5 Å². The van der Waals surface area contributed by atoms with Crippen molar-refractivity contribution in [2.45, 2.75) is 20.3 Å². The zero-order chi connectivity index (χ0) is 10.6. The van der Waals surface area contributed by atoms with E-state index in [9.17, 15) is 4.79 Å². The molecule has 0 aliphatic heterocycles. The third-order valence-corrected chi connectivity index (χ3v) is 2.03. The van der Waals surface area contributed by atoms with Crippen molar-refractivity contribution < 1.29 is 9.53 Å². The maximum Gasteiger partial charge on any atom is 0.171 e. The lowest BCUT2D eigenvalue weighted by atomic mass is 10.1. The number of aromatic nitrogens is 1. The van der Waals surface area contributed by atoms with Crippen LogP contribution >= 0.6 is 11.6 Å². The molecule has 0 bridgehead atoms. The van der Waals surface area contributed by atoms with Crippen molar-refractivity contribution in [3.8, 4) is 5.75 Å². The van der Waals surface area contributed by atoms with Gasteiger partial charge in [-0.1, -0.05) is 18.5 Å². The van der Waals surface area contributed by atoms with Crippen LogP contribution in [0.2, 0.25) is 5.15 Å². The van der Waals surface area contributed by atoms with E-state index in [1.807, 2.05) is 6.92 Å². The summed E-state index contributed by atoms with van der Waals surface area (Å²) in [7, 11) is 0. The summed E-state index contributed by atoms with van der Waals surface area (Å²) < 4.78 is 5.23. The third kappa shape index (κ3) is 2.45. The monoisotopic (exact) mass is 213 g/mol. The predicted octanol–water partition coefficient (Wildman–Crippen LogP) is 2.73. The highest BCUT2D eigenvalue weighted by molar-refractivity contribution is 6.30.